The van der Waals surface area contributed by atoms with E-state index in [0.29, 0.717) is 10.6 Å². The average Bonchev–Trinajstić information content (AvgIpc) is 2.15. The molecule has 1 aromatic carbocycles. The molecule has 0 unspecified atom stereocenters. The summed E-state index contributed by atoms with van der Waals surface area (Å²) < 4.78 is 22.3. The molecule has 0 spiro atoms. The van der Waals surface area contributed by atoms with E-state index in [9.17, 15) is 13.2 Å². The lowest BCUT2D eigenvalue weighted by Gasteiger charge is -2.07. The Morgan fingerprint density at radius 1 is 1.27 bits per heavy atom. The highest BCUT2D eigenvalue weighted by molar-refractivity contribution is 7.92. The van der Waals surface area contributed by atoms with E-state index in [1.807, 2.05) is 0 Å². The Morgan fingerprint density at radius 2 is 1.73 bits per heavy atom. The quantitative estimate of drug-likeness (QED) is 0.766. The van der Waals surface area contributed by atoms with Gasteiger partial charge in [-0.15, -0.1) is 0 Å². The molecule has 82 valence electrons. The van der Waals surface area contributed by atoms with Crippen LogP contribution in [0.4, 0.5) is 0 Å². The van der Waals surface area contributed by atoms with E-state index in [0.717, 1.165) is 6.26 Å². The molecule has 0 saturated carbocycles. The Hall–Kier alpha value is -0.870. The summed E-state index contributed by atoms with van der Waals surface area (Å²) >= 11 is 5.66. The number of halogens is 1. The highest BCUT2D eigenvalue weighted by Crippen LogP contribution is 2.13. The lowest BCUT2D eigenvalue weighted by Crippen LogP contribution is -2.26. The van der Waals surface area contributed by atoms with Crippen molar-refractivity contribution in [1.82, 2.24) is 0 Å². The van der Waals surface area contributed by atoms with Gasteiger partial charge in [0, 0.05) is 16.8 Å². The molecule has 0 aliphatic carbocycles. The number of hydrogen-bond acceptors (Lipinski definition) is 3. The zero-order valence-electron chi connectivity index (χ0n) is 8.40. The molecule has 15 heavy (non-hydrogen) atoms. The van der Waals surface area contributed by atoms with Crippen LogP contribution in [0.3, 0.4) is 0 Å². The average molecular weight is 247 g/mol. The normalized spacial score (nSPS) is 13.5. The van der Waals surface area contributed by atoms with Crippen LogP contribution in [0.5, 0.6) is 0 Å². The Kier molecular flexibility index (Phi) is 3.52. The molecular formula is C10H11ClO3S. The maximum Gasteiger partial charge on any atom is 0.180 e. The molecule has 0 aliphatic heterocycles. The van der Waals surface area contributed by atoms with E-state index in [2.05, 4.69) is 0 Å². The fourth-order valence-electron chi connectivity index (χ4n) is 1.04. The fourth-order valence-corrected chi connectivity index (χ4v) is 1.69. The van der Waals surface area contributed by atoms with Crippen LogP contribution in [-0.2, 0) is 9.84 Å². The highest BCUT2D eigenvalue weighted by Gasteiger charge is 2.24. The van der Waals surface area contributed by atoms with E-state index >= 15 is 0 Å². The number of Topliss-reactive ketones (excluding diaryl/α,β-unsaturated/α-hetero) is 1. The summed E-state index contributed by atoms with van der Waals surface area (Å²) in [6, 6.07) is 6.16. The number of carbonyl (C=O) groups excluding carboxylic acids is 1. The van der Waals surface area contributed by atoms with Crippen LogP contribution in [0.25, 0.3) is 0 Å². The van der Waals surface area contributed by atoms with Crippen molar-refractivity contribution in [3.63, 3.8) is 0 Å². The van der Waals surface area contributed by atoms with Gasteiger partial charge in [0.25, 0.3) is 0 Å². The molecule has 0 N–H and O–H groups in total. The van der Waals surface area contributed by atoms with Gasteiger partial charge in [-0.05, 0) is 31.2 Å². The predicted molar refractivity (Wildman–Crippen MR) is 60.1 cm³/mol. The van der Waals surface area contributed by atoms with Crippen molar-refractivity contribution in [2.75, 3.05) is 6.26 Å². The monoisotopic (exact) mass is 246 g/mol. The molecule has 1 atom stereocenters. The largest absolute Gasteiger partial charge is 0.293 e. The Morgan fingerprint density at radius 3 is 2.13 bits per heavy atom. The van der Waals surface area contributed by atoms with Crippen molar-refractivity contribution in [1.29, 1.82) is 0 Å². The van der Waals surface area contributed by atoms with Gasteiger partial charge in [0.2, 0.25) is 0 Å². The van der Waals surface area contributed by atoms with Gasteiger partial charge in [-0.1, -0.05) is 11.6 Å². The number of rotatable bonds is 3. The maximum absolute atomic E-state index is 11.7. The van der Waals surface area contributed by atoms with Crippen LogP contribution in [0, 0.1) is 0 Å². The summed E-state index contributed by atoms with van der Waals surface area (Å²) in [4.78, 5) is 11.7. The van der Waals surface area contributed by atoms with Crippen LogP contribution in [0.1, 0.15) is 17.3 Å². The van der Waals surface area contributed by atoms with Gasteiger partial charge < -0.3 is 0 Å². The van der Waals surface area contributed by atoms with Gasteiger partial charge in [-0.3, -0.25) is 4.79 Å². The first-order valence-electron chi connectivity index (χ1n) is 4.31. The van der Waals surface area contributed by atoms with Crippen molar-refractivity contribution in [2.24, 2.45) is 0 Å². The number of hydrogen-bond donors (Lipinski definition) is 0. The third-order valence-electron chi connectivity index (χ3n) is 2.14. The van der Waals surface area contributed by atoms with Crippen molar-refractivity contribution < 1.29 is 13.2 Å². The fraction of sp³-hybridized carbons (Fsp3) is 0.300. The van der Waals surface area contributed by atoms with Crippen molar-refractivity contribution in [2.45, 2.75) is 12.2 Å². The number of benzene rings is 1. The third-order valence-corrected chi connectivity index (χ3v) is 3.89. The van der Waals surface area contributed by atoms with Gasteiger partial charge >= 0.3 is 0 Å². The van der Waals surface area contributed by atoms with Gasteiger partial charge in [-0.2, -0.15) is 0 Å². The summed E-state index contributed by atoms with van der Waals surface area (Å²) in [6.45, 7) is 1.38. The molecule has 0 aliphatic rings. The molecule has 0 amide bonds. The summed E-state index contributed by atoms with van der Waals surface area (Å²) in [5.41, 5.74) is 0.359. The van der Waals surface area contributed by atoms with E-state index in [1.54, 1.807) is 12.1 Å². The minimum absolute atomic E-state index is 0.359. The summed E-state index contributed by atoms with van der Waals surface area (Å²) in [5, 5.41) is -0.503. The van der Waals surface area contributed by atoms with E-state index < -0.39 is 20.9 Å². The van der Waals surface area contributed by atoms with Crippen molar-refractivity contribution >= 4 is 27.2 Å². The first-order chi connectivity index (χ1) is 6.82. The Labute approximate surface area is 94.0 Å². The summed E-state index contributed by atoms with van der Waals surface area (Å²) in [7, 11) is -3.34. The molecule has 1 aromatic rings. The maximum atomic E-state index is 11.7. The lowest BCUT2D eigenvalue weighted by atomic mass is 10.1. The minimum Gasteiger partial charge on any atom is -0.293 e. The standard InChI is InChI=1S/C10H11ClO3S/c1-7(15(2,13)14)10(12)8-3-5-9(11)6-4-8/h3-7H,1-2H3/t7-/m1/s1. The molecule has 0 radical (unpaired) electrons. The first kappa shape index (κ1) is 12.2. The molecule has 1 rings (SSSR count). The second-order valence-corrected chi connectivity index (χ2v) is 6.15. The van der Waals surface area contributed by atoms with Crippen LogP contribution >= 0.6 is 11.6 Å². The number of carbonyl (C=O) groups is 1. The van der Waals surface area contributed by atoms with Crippen LogP contribution < -0.4 is 0 Å². The number of sulfone groups is 1. The van der Waals surface area contributed by atoms with Gasteiger partial charge in [0.05, 0.1) is 0 Å². The zero-order chi connectivity index (χ0) is 11.6. The minimum atomic E-state index is -3.34. The van der Waals surface area contributed by atoms with Crippen molar-refractivity contribution in [3.8, 4) is 0 Å². The molecule has 0 heterocycles. The Balaban J connectivity index is 3.01. The third kappa shape index (κ3) is 3.04. The SMILES string of the molecule is C[C@H](C(=O)c1ccc(Cl)cc1)S(C)(=O)=O. The molecule has 0 aromatic heterocycles. The molecule has 0 bridgehead atoms. The second-order valence-electron chi connectivity index (χ2n) is 3.34. The second kappa shape index (κ2) is 4.33. The molecule has 5 heteroatoms. The highest BCUT2D eigenvalue weighted by atomic mass is 35.5. The van der Waals surface area contributed by atoms with Crippen molar-refractivity contribution in [3.05, 3.63) is 34.9 Å². The molecule has 0 saturated heterocycles. The van der Waals surface area contributed by atoms with E-state index in [1.165, 1.54) is 19.1 Å². The number of ketones is 1. The predicted octanol–water partition coefficient (Wildman–Crippen LogP) is 1.96. The van der Waals surface area contributed by atoms with Crippen LogP contribution in [-0.4, -0.2) is 25.7 Å². The summed E-state index contributed by atoms with van der Waals surface area (Å²) in [5.74, 6) is -0.408. The van der Waals surface area contributed by atoms with E-state index in [-0.39, 0.29) is 0 Å². The van der Waals surface area contributed by atoms with Gasteiger partial charge in [-0.25, -0.2) is 8.42 Å². The van der Waals surface area contributed by atoms with Crippen LogP contribution in [0.2, 0.25) is 5.02 Å². The molecule has 0 fully saturated rings. The van der Waals surface area contributed by atoms with Crippen LogP contribution in [0.15, 0.2) is 24.3 Å². The lowest BCUT2D eigenvalue weighted by molar-refractivity contribution is 0.0991. The van der Waals surface area contributed by atoms with Gasteiger partial charge in [0.1, 0.15) is 5.25 Å². The van der Waals surface area contributed by atoms with Gasteiger partial charge in [0.15, 0.2) is 15.6 Å². The molecule has 3 nitrogen and oxygen atoms in total. The zero-order valence-corrected chi connectivity index (χ0v) is 9.97. The summed E-state index contributed by atoms with van der Waals surface area (Å²) in [6.07, 6.45) is 1.05. The van der Waals surface area contributed by atoms with E-state index in [4.69, 9.17) is 11.6 Å². The Bertz CT molecular complexity index is 462. The topological polar surface area (TPSA) is 51.2 Å². The molecular weight excluding hydrogens is 236 g/mol. The smallest absolute Gasteiger partial charge is 0.180 e. The first-order valence-corrected chi connectivity index (χ1v) is 6.64.